The number of rotatable bonds is 8. The number of Topliss-reactive ketones (excluding diaryl/α,β-unsaturated/α-hetero) is 1. The summed E-state index contributed by atoms with van der Waals surface area (Å²) < 4.78 is 11.3. The number of anilines is 1. The molecule has 2 heterocycles. The molecule has 170 valence electrons. The highest BCUT2D eigenvalue weighted by Gasteiger charge is 2.47. The highest BCUT2D eigenvalue weighted by Crippen LogP contribution is 2.44. The van der Waals surface area contributed by atoms with Crippen LogP contribution in [0.25, 0.3) is 5.76 Å². The minimum atomic E-state index is -0.748. The van der Waals surface area contributed by atoms with Gasteiger partial charge >= 0.3 is 0 Å². The normalized spacial score (nSPS) is 17.4. The number of carbonyl (C=O) groups is 2. The van der Waals surface area contributed by atoms with Crippen LogP contribution in [0.1, 0.15) is 36.8 Å². The molecule has 33 heavy (non-hydrogen) atoms. The standard InChI is InChI=1S/C26H25NO5S/c1-3-13-32-19-10-5-8-17(15-19)24(28)22-23(21-12-7-14-33-21)27(26(30)25(22)29)18-9-6-11-20(16-18)31-4-2/h5-12,14-16,23,28H,3-4,13H2,1-2H3/b24-22-. The Labute approximate surface area is 196 Å². The molecule has 0 aliphatic carbocycles. The van der Waals surface area contributed by atoms with Crippen LogP contribution in [0.15, 0.2) is 71.6 Å². The molecular formula is C26H25NO5S. The summed E-state index contributed by atoms with van der Waals surface area (Å²) in [5.41, 5.74) is 1.00. The third-order valence-corrected chi connectivity index (χ3v) is 6.17. The Hall–Kier alpha value is -3.58. The number of hydrogen-bond acceptors (Lipinski definition) is 6. The first-order chi connectivity index (χ1) is 16.0. The fourth-order valence-corrected chi connectivity index (χ4v) is 4.64. The molecule has 0 spiro atoms. The van der Waals surface area contributed by atoms with Gasteiger partial charge in [-0.2, -0.15) is 0 Å². The van der Waals surface area contributed by atoms with E-state index in [2.05, 4.69) is 0 Å². The Morgan fingerprint density at radius 1 is 1.00 bits per heavy atom. The molecule has 1 unspecified atom stereocenters. The van der Waals surface area contributed by atoms with Crippen molar-refractivity contribution < 1.29 is 24.2 Å². The van der Waals surface area contributed by atoms with Crippen molar-refractivity contribution in [3.8, 4) is 11.5 Å². The number of benzene rings is 2. The van der Waals surface area contributed by atoms with Crippen molar-refractivity contribution in [1.82, 2.24) is 0 Å². The number of nitrogens with zero attached hydrogens (tertiary/aromatic N) is 1. The molecule has 0 bridgehead atoms. The van der Waals surface area contributed by atoms with Gasteiger partial charge in [-0.25, -0.2) is 0 Å². The van der Waals surface area contributed by atoms with Gasteiger partial charge in [0.2, 0.25) is 0 Å². The highest BCUT2D eigenvalue weighted by atomic mass is 32.1. The highest BCUT2D eigenvalue weighted by molar-refractivity contribution is 7.10. The predicted octanol–water partition coefficient (Wildman–Crippen LogP) is 5.56. The third kappa shape index (κ3) is 4.50. The summed E-state index contributed by atoms with van der Waals surface area (Å²) in [5, 5.41) is 13.1. The van der Waals surface area contributed by atoms with Crippen molar-refractivity contribution in [3.63, 3.8) is 0 Å². The average Bonchev–Trinajstić information content (AvgIpc) is 3.45. The first kappa shape index (κ1) is 22.6. The van der Waals surface area contributed by atoms with E-state index in [-0.39, 0.29) is 11.3 Å². The molecule has 2 aromatic carbocycles. The Balaban J connectivity index is 1.84. The van der Waals surface area contributed by atoms with E-state index in [0.717, 1.165) is 11.3 Å². The zero-order valence-electron chi connectivity index (χ0n) is 18.5. The van der Waals surface area contributed by atoms with Gasteiger partial charge in [0, 0.05) is 22.2 Å². The van der Waals surface area contributed by atoms with Crippen LogP contribution in [0.2, 0.25) is 0 Å². The fraction of sp³-hybridized carbons (Fsp3) is 0.231. The van der Waals surface area contributed by atoms with Crippen molar-refractivity contribution in [1.29, 1.82) is 0 Å². The van der Waals surface area contributed by atoms with Crippen molar-refractivity contribution in [3.05, 3.63) is 82.1 Å². The summed E-state index contributed by atoms with van der Waals surface area (Å²) in [6.07, 6.45) is 0.848. The molecule has 7 heteroatoms. The maximum Gasteiger partial charge on any atom is 0.300 e. The number of ether oxygens (including phenoxy) is 2. The molecular weight excluding hydrogens is 438 g/mol. The van der Waals surface area contributed by atoms with Crippen LogP contribution in [-0.4, -0.2) is 30.0 Å². The van der Waals surface area contributed by atoms with Gasteiger partial charge in [-0.3, -0.25) is 14.5 Å². The number of aliphatic hydroxyl groups is 1. The molecule has 3 aromatic rings. The number of thiophene rings is 1. The predicted molar refractivity (Wildman–Crippen MR) is 129 cm³/mol. The molecule has 0 saturated carbocycles. The van der Waals surface area contributed by atoms with Crippen LogP contribution in [0, 0.1) is 0 Å². The van der Waals surface area contributed by atoms with E-state index in [0.29, 0.717) is 36.0 Å². The number of aliphatic hydroxyl groups excluding tert-OH is 1. The first-order valence-corrected chi connectivity index (χ1v) is 11.7. The lowest BCUT2D eigenvalue weighted by atomic mass is 9.99. The molecule has 4 rings (SSSR count). The zero-order chi connectivity index (χ0) is 23.4. The first-order valence-electron chi connectivity index (χ1n) is 10.9. The second kappa shape index (κ2) is 9.92. The largest absolute Gasteiger partial charge is 0.507 e. The second-order valence-corrected chi connectivity index (χ2v) is 8.47. The lowest BCUT2D eigenvalue weighted by Crippen LogP contribution is -2.29. The molecule has 0 radical (unpaired) electrons. The average molecular weight is 464 g/mol. The van der Waals surface area contributed by atoms with Crippen LogP contribution in [-0.2, 0) is 9.59 Å². The molecule has 1 fully saturated rings. The monoisotopic (exact) mass is 463 g/mol. The van der Waals surface area contributed by atoms with E-state index in [9.17, 15) is 14.7 Å². The van der Waals surface area contributed by atoms with Gasteiger partial charge in [0.15, 0.2) is 0 Å². The van der Waals surface area contributed by atoms with Crippen LogP contribution >= 0.6 is 11.3 Å². The zero-order valence-corrected chi connectivity index (χ0v) is 19.3. The van der Waals surface area contributed by atoms with Crippen LogP contribution in [0.3, 0.4) is 0 Å². The van der Waals surface area contributed by atoms with Crippen LogP contribution < -0.4 is 14.4 Å². The van der Waals surface area contributed by atoms with Gasteiger partial charge in [-0.1, -0.05) is 31.2 Å². The molecule has 6 nitrogen and oxygen atoms in total. The minimum Gasteiger partial charge on any atom is -0.507 e. The quantitative estimate of drug-likeness (QED) is 0.269. The van der Waals surface area contributed by atoms with E-state index in [1.165, 1.54) is 16.2 Å². The smallest absolute Gasteiger partial charge is 0.300 e. The van der Waals surface area contributed by atoms with Crippen molar-refractivity contribution in [2.24, 2.45) is 0 Å². The van der Waals surface area contributed by atoms with E-state index in [1.807, 2.05) is 31.4 Å². The van der Waals surface area contributed by atoms with Gasteiger partial charge in [0.25, 0.3) is 11.7 Å². The van der Waals surface area contributed by atoms with Gasteiger partial charge in [-0.05, 0) is 49.1 Å². The van der Waals surface area contributed by atoms with E-state index < -0.39 is 17.7 Å². The van der Waals surface area contributed by atoms with E-state index >= 15 is 0 Å². The minimum absolute atomic E-state index is 0.0527. The molecule has 1 aliphatic rings. The number of carbonyl (C=O) groups excluding carboxylic acids is 2. The summed E-state index contributed by atoms with van der Waals surface area (Å²) in [4.78, 5) is 28.6. The molecule has 1 saturated heterocycles. The maximum absolute atomic E-state index is 13.2. The van der Waals surface area contributed by atoms with Crippen LogP contribution in [0.5, 0.6) is 11.5 Å². The van der Waals surface area contributed by atoms with E-state index in [1.54, 1.807) is 48.5 Å². The van der Waals surface area contributed by atoms with Gasteiger partial charge in [0.1, 0.15) is 23.3 Å². The summed E-state index contributed by atoms with van der Waals surface area (Å²) in [7, 11) is 0. The summed E-state index contributed by atoms with van der Waals surface area (Å²) >= 11 is 1.42. The number of ketones is 1. The molecule has 1 aliphatic heterocycles. The van der Waals surface area contributed by atoms with Crippen molar-refractivity contribution >= 4 is 34.5 Å². The Morgan fingerprint density at radius 3 is 2.45 bits per heavy atom. The summed E-state index contributed by atoms with van der Waals surface area (Å²) in [5.74, 6) is -0.457. The van der Waals surface area contributed by atoms with Gasteiger partial charge in [-0.15, -0.1) is 11.3 Å². The SMILES string of the molecule is CCCOc1cccc(/C(O)=C2/C(=O)C(=O)N(c3cccc(OCC)c3)C2c2cccs2)c1. The Kier molecular flexibility index (Phi) is 6.79. The lowest BCUT2D eigenvalue weighted by Gasteiger charge is -2.24. The topological polar surface area (TPSA) is 76.1 Å². The lowest BCUT2D eigenvalue weighted by molar-refractivity contribution is -0.132. The van der Waals surface area contributed by atoms with Gasteiger partial charge < -0.3 is 14.6 Å². The third-order valence-electron chi connectivity index (χ3n) is 5.24. The summed E-state index contributed by atoms with van der Waals surface area (Å²) in [6, 6.07) is 16.9. The molecule has 1 aromatic heterocycles. The van der Waals surface area contributed by atoms with Crippen molar-refractivity contribution in [2.45, 2.75) is 26.3 Å². The van der Waals surface area contributed by atoms with Crippen molar-refractivity contribution in [2.75, 3.05) is 18.1 Å². The molecule has 1 atom stereocenters. The fourth-order valence-electron chi connectivity index (χ4n) is 3.81. The summed E-state index contributed by atoms with van der Waals surface area (Å²) in [6.45, 7) is 4.91. The van der Waals surface area contributed by atoms with Crippen LogP contribution in [0.4, 0.5) is 5.69 Å². The van der Waals surface area contributed by atoms with E-state index in [4.69, 9.17) is 9.47 Å². The maximum atomic E-state index is 13.2. The molecule has 1 amide bonds. The van der Waals surface area contributed by atoms with Gasteiger partial charge in [0.05, 0.1) is 18.8 Å². The Morgan fingerprint density at radius 2 is 1.76 bits per heavy atom. The number of amides is 1. The Bertz CT molecular complexity index is 1180. The second-order valence-electron chi connectivity index (χ2n) is 7.49. The molecule has 1 N–H and O–H groups in total. The number of hydrogen-bond donors (Lipinski definition) is 1.